The molecule has 192 valence electrons. The van der Waals surface area contributed by atoms with Crippen LogP contribution in [0.5, 0.6) is 11.5 Å². The van der Waals surface area contributed by atoms with Crippen molar-refractivity contribution in [2.75, 3.05) is 14.2 Å². The summed E-state index contributed by atoms with van der Waals surface area (Å²) >= 11 is 16.5. The Morgan fingerprint density at radius 2 is 1.92 bits per heavy atom. The van der Waals surface area contributed by atoms with Crippen LogP contribution in [0.25, 0.3) is 6.08 Å². The third-order valence-electron chi connectivity index (χ3n) is 5.17. The summed E-state index contributed by atoms with van der Waals surface area (Å²) < 4.78 is 22.0. The van der Waals surface area contributed by atoms with Gasteiger partial charge in [-0.25, -0.2) is 4.79 Å². The summed E-state index contributed by atoms with van der Waals surface area (Å²) in [5.74, 6) is -0.0237. The van der Waals surface area contributed by atoms with Gasteiger partial charge < -0.3 is 18.6 Å². The Labute approximate surface area is 234 Å². The van der Waals surface area contributed by atoms with Crippen molar-refractivity contribution in [2.45, 2.75) is 13.2 Å². The van der Waals surface area contributed by atoms with Crippen LogP contribution >= 0.6 is 50.9 Å². The normalized spacial score (nSPS) is 14.4. The predicted molar refractivity (Wildman–Crippen MR) is 143 cm³/mol. The molecular weight excluding hydrogens is 609 g/mol. The number of rotatable bonds is 8. The number of furan rings is 1. The van der Waals surface area contributed by atoms with Crippen LogP contribution in [0.3, 0.4) is 0 Å². The van der Waals surface area contributed by atoms with E-state index < -0.39 is 17.1 Å². The molecule has 0 spiro atoms. The summed E-state index contributed by atoms with van der Waals surface area (Å²) in [6.45, 7) is 0.0553. The van der Waals surface area contributed by atoms with E-state index in [-0.39, 0.29) is 29.6 Å². The first-order valence-electron chi connectivity index (χ1n) is 10.6. The van der Waals surface area contributed by atoms with E-state index in [0.717, 1.165) is 22.2 Å². The molecule has 2 aromatic carbocycles. The van der Waals surface area contributed by atoms with Gasteiger partial charge in [0.15, 0.2) is 11.5 Å². The Bertz CT molecular complexity index is 1420. The van der Waals surface area contributed by atoms with Crippen LogP contribution in [0.4, 0.5) is 4.79 Å². The number of hydrogen-bond acceptors (Lipinski definition) is 8. The van der Waals surface area contributed by atoms with Gasteiger partial charge >= 0.3 is 5.97 Å². The average molecular weight is 627 g/mol. The first kappa shape index (κ1) is 27.1. The molecule has 0 unspecified atom stereocenters. The topological polar surface area (TPSA) is 95.3 Å². The Hall–Kier alpha value is -2.92. The molecule has 2 heterocycles. The minimum absolute atomic E-state index is 0.0161. The number of halogens is 3. The molecule has 2 amide bonds. The third kappa shape index (κ3) is 6.15. The second-order valence-corrected chi connectivity index (χ2v) is 10.3. The lowest BCUT2D eigenvalue weighted by molar-refractivity contribution is -0.123. The highest BCUT2D eigenvalue weighted by Crippen LogP contribution is 2.40. The van der Waals surface area contributed by atoms with Crippen LogP contribution in [0.15, 0.2) is 56.3 Å². The van der Waals surface area contributed by atoms with Gasteiger partial charge in [-0.05, 0) is 75.7 Å². The van der Waals surface area contributed by atoms with Crippen molar-refractivity contribution in [3.05, 3.63) is 84.5 Å². The lowest BCUT2D eigenvalue weighted by Gasteiger charge is -2.14. The van der Waals surface area contributed by atoms with Gasteiger partial charge in [0, 0.05) is 15.6 Å². The number of thioether (sulfide) groups is 1. The van der Waals surface area contributed by atoms with Crippen LogP contribution in [-0.4, -0.2) is 36.2 Å². The predicted octanol–water partition coefficient (Wildman–Crippen LogP) is 6.96. The maximum atomic E-state index is 12.9. The molecule has 3 aromatic rings. The van der Waals surface area contributed by atoms with E-state index in [1.54, 1.807) is 36.4 Å². The summed E-state index contributed by atoms with van der Waals surface area (Å²) in [6, 6.07) is 11.5. The fourth-order valence-electron chi connectivity index (χ4n) is 3.37. The number of amides is 2. The van der Waals surface area contributed by atoms with Crippen molar-refractivity contribution in [3.63, 3.8) is 0 Å². The minimum Gasteiger partial charge on any atom is -0.493 e. The fourth-order valence-corrected chi connectivity index (χ4v) is 5.24. The van der Waals surface area contributed by atoms with Gasteiger partial charge in [-0.3, -0.25) is 14.5 Å². The quantitative estimate of drug-likeness (QED) is 0.196. The number of benzene rings is 2. The van der Waals surface area contributed by atoms with Gasteiger partial charge in [-0.1, -0.05) is 29.3 Å². The first-order valence-corrected chi connectivity index (χ1v) is 12.9. The second kappa shape index (κ2) is 11.6. The maximum absolute atomic E-state index is 12.9. The molecule has 0 bridgehead atoms. The molecule has 1 fully saturated rings. The van der Waals surface area contributed by atoms with Crippen molar-refractivity contribution in [2.24, 2.45) is 0 Å². The Morgan fingerprint density at radius 1 is 1.14 bits per heavy atom. The Balaban J connectivity index is 1.51. The average Bonchev–Trinajstić information content (AvgIpc) is 3.44. The lowest BCUT2D eigenvalue weighted by Crippen LogP contribution is -2.27. The molecule has 37 heavy (non-hydrogen) atoms. The van der Waals surface area contributed by atoms with Gasteiger partial charge in [0.1, 0.15) is 12.4 Å². The van der Waals surface area contributed by atoms with E-state index in [4.69, 9.17) is 37.1 Å². The molecule has 0 saturated carbocycles. The maximum Gasteiger partial charge on any atom is 0.373 e. The standard InChI is InChI=1S/C25H18BrCl2NO7S/c1-33-20-8-13(7-17(26)22(20)35-12-14-3-4-15(27)10-18(14)28)9-21-23(30)29(25(32)37-21)11-16-5-6-19(36-16)24(31)34-2/h3-10H,11-12H2,1-2H3/b21-9+. The monoisotopic (exact) mass is 625 g/mol. The zero-order valence-electron chi connectivity index (χ0n) is 19.4. The van der Waals surface area contributed by atoms with Gasteiger partial charge in [0.05, 0.1) is 30.1 Å². The summed E-state index contributed by atoms with van der Waals surface area (Å²) in [5.41, 5.74) is 1.35. The van der Waals surface area contributed by atoms with Crippen molar-refractivity contribution >= 4 is 74.1 Å². The molecule has 0 radical (unpaired) electrons. The fraction of sp³-hybridized carbons (Fsp3) is 0.160. The molecule has 0 N–H and O–H groups in total. The SMILES string of the molecule is COC(=O)c1ccc(CN2C(=O)S/C(=C/c3cc(Br)c(OCc4ccc(Cl)cc4Cl)c(OC)c3)C2=O)o1. The van der Waals surface area contributed by atoms with Gasteiger partial charge in [0.2, 0.25) is 5.76 Å². The number of imide groups is 1. The van der Waals surface area contributed by atoms with Gasteiger partial charge in [-0.15, -0.1) is 0 Å². The van der Waals surface area contributed by atoms with E-state index in [1.165, 1.54) is 26.4 Å². The van der Waals surface area contributed by atoms with Crippen molar-refractivity contribution < 1.29 is 33.0 Å². The van der Waals surface area contributed by atoms with Crippen LogP contribution in [0.1, 0.15) is 27.4 Å². The Morgan fingerprint density at radius 3 is 2.62 bits per heavy atom. The number of carbonyl (C=O) groups is 3. The summed E-state index contributed by atoms with van der Waals surface area (Å²) in [4.78, 5) is 38.3. The molecule has 1 aliphatic heterocycles. The minimum atomic E-state index is -0.650. The van der Waals surface area contributed by atoms with E-state index in [2.05, 4.69) is 20.7 Å². The summed E-state index contributed by atoms with van der Waals surface area (Å²) in [6.07, 6.45) is 1.58. The highest BCUT2D eigenvalue weighted by Gasteiger charge is 2.36. The highest BCUT2D eigenvalue weighted by molar-refractivity contribution is 9.10. The zero-order chi connectivity index (χ0) is 26.7. The third-order valence-corrected chi connectivity index (χ3v) is 7.26. The Kier molecular flexibility index (Phi) is 8.53. The lowest BCUT2D eigenvalue weighted by atomic mass is 10.1. The second-order valence-electron chi connectivity index (χ2n) is 7.58. The summed E-state index contributed by atoms with van der Waals surface area (Å²) in [7, 11) is 2.72. The van der Waals surface area contributed by atoms with E-state index in [1.807, 2.05) is 0 Å². The van der Waals surface area contributed by atoms with Crippen LogP contribution < -0.4 is 9.47 Å². The first-order chi connectivity index (χ1) is 17.7. The molecule has 1 saturated heterocycles. The van der Waals surface area contributed by atoms with Crippen molar-refractivity contribution in [1.82, 2.24) is 4.90 Å². The molecule has 0 aliphatic carbocycles. The molecule has 0 atom stereocenters. The van der Waals surface area contributed by atoms with Gasteiger partial charge in [0.25, 0.3) is 11.1 Å². The number of esters is 1. The summed E-state index contributed by atoms with van der Waals surface area (Å²) in [5, 5.41) is 0.542. The smallest absolute Gasteiger partial charge is 0.373 e. The zero-order valence-corrected chi connectivity index (χ0v) is 23.3. The number of nitrogens with zero attached hydrogens (tertiary/aromatic N) is 1. The van der Waals surface area contributed by atoms with Crippen molar-refractivity contribution in [1.29, 1.82) is 0 Å². The molecule has 8 nitrogen and oxygen atoms in total. The largest absolute Gasteiger partial charge is 0.493 e. The molecule has 12 heteroatoms. The molecular formula is C25H18BrCl2NO7S. The number of hydrogen-bond donors (Lipinski definition) is 0. The number of ether oxygens (including phenoxy) is 3. The van der Waals surface area contributed by atoms with Crippen LogP contribution in [-0.2, 0) is 22.7 Å². The van der Waals surface area contributed by atoms with Crippen LogP contribution in [0.2, 0.25) is 10.0 Å². The highest BCUT2D eigenvalue weighted by atomic mass is 79.9. The molecule has 4 rings (SSSR count). The van der Waals surface area contributed by atoms with E-state index >= 15 is 0 Å². The van der Waals surface area contributed by atoms with Gasteiger partial charge in [-0.2, -0.15) is 0 Å². The van der Waals surface area contributed by atoms with Crippen molar-refractivity contribution in [3.8, 4) is 11.5 Å². The van der Waals surface area contributed by atoms with E-state index in [9.17, 15) is 14.4 Å². The number of carbonyl (C=O) groups excluding carboxylic acids is 3. The molecule has 1 aromatic heterocycles. The molecule has 1 aliphatic rings. The van der Waals surface area contributed by atoms with Crippen LogP contribution in [0, 0.1) is 0 Å². The van der Waals surface area contributed by atoms with E-state index in [0.29, 0.717) is 31.6 Å². The number of methoxy groups -OCH3 is 2.